The molecule has 2 aromatic rings. The number of hydrogen-bond acceptors (Lipinski definition) is 6. The third-order valence-corrected chi connectivity index (χ3v) is 5.83. The maximum absolute atomic E-state index is 9.68. The maximum atomic E-state index is 9.68. The van der Waals surface area contributed by atoms with Crippen LogP contribution in [0.15, 0.2) is 41.8 Å². The van der Waals surface area contributed by atoms with Crippen molar-refractivity contribution in [2.24, 2.45) is 0 Å². The van der Waals surface area contributed by atoms with Crippen LogP contribution in [-0.2, 0) is 6.54 Å². The smallest absolute Gasteiger partial charge is 0.161 e. The van der Waals surface area contributed by atoms with E-state index in [9.17, 15) is 10.2 Å². The Morgan fingerprint density at radius 1 is 1.30 bits per heavy atom. The van der Waals surface area contributed by atoms with Crippen molar-refractivity contribution in [3.05, 3.63) is 52.2 Å². The van der Waals surface area contributed by atoms with Crippen molar-refractivity contribution in [3.63, 3.8) is 0 Å². The summed E-state index contributed by atoms with van der Waals surface area (Å²) < 4.78 is 5.16. The first kappa shape index (κ1) is 19.9. The Morgan fingerprint density at radius 3 is 2.93 bits per heavy atom. The summed E-state index contributed by atoms with van der Waals surface area (Å²) in [6.45, 7) is 5.08. The number of phenols is 1. The summed E-state index contributed by atoms with van der Waals surface area (Å²) >= 11 is 1.80. The van der Waals surface area contributed by atoms with Crippen LogP contribution < -0.4 is 4.74 Å². The summed E-state index contributed by atoms with van der Waals surface area (Å²) in [5, 5.41) is 21.3. The van der Waals surface area contributed by atoms with Crippen LogP contribution in [0, 0.1) is 0 Å². The second-order valence-electron chi connectivity index (χ2n) is 6.81. The molecule has 146 valence electrons. The van der Waals surface area contributed by atoms with Gasteiger partial charge >= 0.3 is 0 Å². The summed E-state index contributed by atoms with van der Waals surface area (Å²) in [5.74, 6) is 0.644. The molecule has 0 aliphatic carbocycles. The molecule has 1 aliphatic rings. The number of aromatic hydroxyl groups is 1. The van der Waals surface area contributed by atoms with Gasteiger partial charge in [-0.2, -0.15) is 0 Å². The van der Waals surface area contributed by atoms with Gasteiger partial charge in [-0.25, -0.2) is 0 Å². The zero-order valence-corrected chi connectivity index (χ0v) is 16.6. The van der Waals surface area contributed by atoms with Crippen LogP contribution in [0.25, 0.3) is 6.08 Å². The largest absolute Gasteiger partial charge is 0.504 e. The molecule has 27 heavy (non-hydrogen) atoms. The summed E-state index contributed by atoms with van der Waals surface area (Å²) in [6.07, 6.45) is 5.01. The van der Waals surface area contributed by atoms with E-state index in [1.807, 2.05) is 12.1 Å². The molecular formula is C21H28N2O3S. The molecule has 1 fully saturated rings. The predicted molar refractivity (Wildman–Crippen MR) is 110 cm³/mol. The van der Waals surface area contributed by atoms with Gasteiger partial charge < -0.3 is 14.9 Å². The lowest BCUT2D eigenvalue weighted by molar-refractivity contribution is 0.0604. The molecular weight excluding hydrogens is 360 g/mol. The predicted octanol–water partition coefficient (Wildman–Crippen LogP) is 3.04. The highest BCUT2D eigenvalue weighted by Gasteiger charge is 2.26. The molecule has 1 saturated heterocycles. The normalized spacial score (nSPS) is 19.0. The summed E-state index contributed by atoms with van der Waals surface area (Å²) in [7, 11) is 1.56. The van der Waals surface area contributed by atoms with Crippen molar-refractivity contribution < 1.29 is 14.9 Å². The lowest BCUT2D eigenvalue weighted by atomic mass is 10.1. The van der Waals surface area contributed by atoms with Crippen LogP contribution in [0.2, 0.25) is 0 Å². The van der Waals surface area contributed by atoms with Crippen LogP contribution in [0.4, 0.5) is 0 Å². The van der Waals surface area contributed by atoms with Crippen molar-refractivity contribution in [1.29, 1.82) is 0 Å². The number of ether oxygens (including phenoxy) is 1. The van der Waals surface area contributed by atoms with Crippen LogP contribution in [0.1, 0.15) is 16.9 Å². The van der Waals surface area contributed by atoms with E-state index in [0.29, 0.717) is 11.8 Å². The van der Waals surface area contributed by atoms with Crippen LogP contribution >= 0.6 is 11.3 Å². The fourth-order valence-electron chi connectivity index (χ4n) is 3.49. The first-order valence-corrected chi connectivity index (χ1v) is 10.2. The van der Waals surface area contributed by atoms with E-state index in [2.05, 4.69) is 39.5 Å². The SMILES string of the molecule is COc1cc(/C=C/CN2CCN(Cc3cccs3)[C@@H](CCO)C2)ccc1O. The fraction of sp³-hybridized carbons (Fsp3) is 0.429. The zero-order chi connectivity index (χ0) is 19.1. The van der Waals surface area contributed by atoms with E-state index in [1.165, 1.54) is 4.88 Å². The van der Waals surface area contributed by atoms with Crippen molar-refractivity contribution >= 4 is 17.4 Å². The van der Waals surface area contributed by atoms with Crippen LogP contribution in [0.5, 0.6) is 11.5 Å². The number of piperazine rings is 1. The topological polar surface area (TPSA) is 56.2 Å². The second-order valence-corrected chi connectivity index (χ2v) is 7.84. The highest BCUT2D eigenvalue weighted by molar-refractivity contribution is 7.09. The average Bonchev–Trinajstić information content (AvgIpc) is 3.18. The lowest BCUT2D eigenvalue weighted by Gasteiger charge is -2.41. The summed E-state index contributed by atoms with van der Waals surface area (Å²) in [5.41, 5.74) is 1.01. The molecule has 1 aromatic heterocycles. The molecule has 0 amide bonds. The van der Waals surface area contributed by atoms with Gasteiger partial charge in [0.2, 0.25) is 0 Å². The van der Waals surface area contributed by atoms with E-state index in [0.717, 1.165) is 44.7 Å². The van der Waals surface area contributed by atoms with E-state index < -0.39 is 0 Å². The Hall–Kier alpha value is -1.86. The highest BCUT2D eigenvalue weighted by atomic mass is 32.1. The first-order chi connectivity index (χ1) is 13.2. The first-order valence-electron chi connectivity index (χ1n) is 9.33. The quantitative estimate of drug-likeness (QED) is 0.728. The lowest BCUT2D eigenvalue weighted by Crippen LogP contribution is -2.52. The Morgan fingerprint density at radius 2 is 2.19 bits per heavy atom. The Labute approximate surface area is 165 Å². The molecule has 2 N–H and O–H groups in total. The van der Waals surface area contributed by atoms with Gasteiger partial charge in [-0.1, -0.05) is 24.3 Å². The molecule has 0 unspecified atom stereocenters. The second kappa shape index (κ2) is 9.90. The van der Waals surface area contributed by atoms with Gasteiger partial charge in [0.05, 0.1) is 7.11 Å². The van der Waals surface area contributed by atoms with Gasteiger partial charge in [-0.15, -0.1) is 11.3 Å². The molecule has 0 bridgehead atoms. The molecule has 0 spiro atoms. The van der Waals surface area contributed by atoms with Gasteiger partial charge in [0.25, 0.3) is 0 Å². The molecule has 3 rings (SSSR count). The summed E-state index contributed by atoms with van der Waals surface area (Å²) in [4.78, 5) is 6.31. The van der Waals surface area contributed by atoms with E-state index in [1.54, 1.807) is 24.5 Å². The highest BCUT2D eigenvalue weighted by Crippen LogP contribution is 2.26. The van der Waals surface area contributed by atoms with Crippen molar-refractivity contribution in [1.82, 2.24) is 9.80 Å². The average molecular weight is 389 g/mol. The monoisotopic (exact) mass is 388 g/mol. The minimum absolute atomic E-state index is 0.156. The minimum atomic E-state index is 0.156. The minimum Gasteiger partial charge on any atom is -0.504 e. The van der Waals surface area contributed by atoms with E-state index >= 15 is 0 Å². The third-order valence-electron chi connectivity index (χ3n) is 4.97. The standard InChI is InChI=1S/C21H28N2O3S/c1-26-21-14-17(6-7-20(21)25)4-2-9-22-10-11-23(18(15-22)8-12-24)16-19-5-3-13-27-19/h2-7,13-14,18,24-25H,8-12,15-16H2,1H3/b4-2+/t18-/m0/s1. The zero-order valence-electron chi connectivity index (χ0n) is 15.8. The Bertz CT molecular complexity index is 733. The van der Waals surface area contributed by atoms with E-state index in [-0.39, 0.29) is 12.4 Å². The number of hydrogen-bond donors (Lipinski definition) is 2. The Kier molecular flexibility index (Phi) is 7.29. The van der Waals surface area contributed by atoms with Gasteiger partial charge in [0.1, 0.15) is 0 Å². The third kappa shape index (κ3) is 5.56. The molecule has 2 heterocycles. The van der Waals surface area contributed by atoms with E-state index in [4.69, 9.17) is 4.74 Å². The molecule has 1 atom stereocenters. The van der Waals surface area contributed by atoms with Crippen molar-refractivity contribution in [3.8, 4) is 11.5 Å². The maximum Gasteiger partial charge on any atom is 0.161 e. The number of aliphatic hydroxyl groups excluding tert-OH is 1. The molecule has 5 nitrogen and oxygen atoms in total. The van der Waals surface area contributed by atoms with Crippen molar-refractivity contribution in [2.45, 2.75) is 19.0 Å². The number of thiophene rings is 1. The molecule has 1 aromatic carbocycles. The number of rotatable bonds is 8. The molecule has 6 heteroatoms. The molecule has 1 aliphatic heterocycles. The van der Waals surface area contributed by atoms with Crippen LogP contribution in [0.3, 0.4) is 0 Å². The number of methoxy groups -OCH3 is 1. The summed E-state index contributed by atoms with van der Waals surface area (Å²) in [6, 6.07) is 10.0. The number of aliphatic hydroxyl groups is 1. The van der Waals surface area contributed by atoms with Gasteiger partial charge in [-0.05, 0) is 35.6 Å². The fourth-order valence-corrected chi connectivity index (χ4v) is 4.22. The van der Waals surface area contributed by atoms with Gasteiger partial charge in [0, 0.05) is 50.2 Å². The number of benzene rings is 1. The van der Waals surface area contributed by atoms with Crippen molar-refractivity contribution in [2.75, 3.05) is 39.9 Å². The van der Waals surface area contributed by atoms with Crippen LogP contribution in [-0.4, -0.2) is 66.0 Å². The van der Waals surface area contributed by atoms with Gasteiger partial charge in [0.15, 0.2) is 11.5 Å². The Balaban J connectivity index is 1.55. The molecule has 0 radical (unpaired) electrons. The number of phenolic OH excluding ortho intramolecular Hbond substituents is 1. The molecule has 0 saturated carbocycles. The van der Waals surface area contributed by atoms with Gasteiger partial charge in [-0.3, -0.25) is 9.80 Å². The number of nitrogens with zero attached hydrogens (tertiary/aromatic N) is 2.